The van der Waals surface area contributed by atoms with E-state index in [-0.39, 0.29) is 30.1 Å². The van der Waals surface area contributed by atoms with E-state index in [0.717, 1.165) is 0 Å². The van der Waals surface area contributed by atoms with E-state index >= 15 is 0 Å². The van der Waals surface area contributed by atoms with Gasteiger partial charge in [0.25, 0.3) is 5.91 Å². The van der Waals surface area contributed by atoms with Gasteiger partial charge in [-0.2, -0.15) is 5.10 Å². The highest BCUT2D eigenvalue weighted by molar-refractivity contribution is 9.10. The molecule has 2 aromatic heterocycles. The number of rotatable bonds is 9. The Labute approximate surface area is 244 Å². The minimum atomic E-state index is -0.478. The predicted octanol–water partition coefficient (Wildman–Crippen LogP) is 8.24. The van der Waals surface area contributed by atoms with Gasteiger partial charge in [-0.25, -0.2) is 4.39 Å². The number of amides is 1. The number of hydrogen-bond donors (Lipinski definition) is 1. The predicted molar refractivity (Wildman–Crippen MR) is 156 cm³/mol. The zero-order chi connectivity index (χ0) is 28.3. The molecule has 1 amide bonds. The van der Waals surface area contributed by atoms with E-state index in [1.165, 1.54) is 27.9 Å². The minimum absolute atomic E-state index is 0.104. The molecular weight excluding hydrogens is 597 g/mol. The van der Waals surface area contributed by atoms with Crippen LogP contribution in [0.4, 0.5) is 10.2 Å². The van der Waals surface area contributed by atoms with Crippen LogP contribution in [0.2, 0.25) is 5.02 Å². The van der Waals surface area contributed by atoms with Crippen LogP contribution in [0, 0.1) is 5.82 Å². The van der Waals surface area contributed by atoms with Crippen LogP contribution in [0.5, 0.6) is 5.75 Å². The van der Waals surface area contributed by atoms with Gasteiger partial charge in [0.1, 0.15) is 23.9 Å². The summed E-state index contributed by atoms with van der Waals surface area (Å²) in [5.41, 5.74) is 2.58. The lowest BCUT2D eigenvalue weighted by Crippen LogP contribution is -2.18. The molecule has 3 aromatic carbocycles. The van der Waals surface area contributed by atoms with Crippen molar-refractivity contribution in [1.82, 2.24) is 9.78 Å². The summed E-state index contributed by atoms with van der Waals surface area (Å²) in [5, 5.41) is 7.33. The van der Waals surface area contributed by atoms with Gasteiger partial charge in [-0.3, -0.25) is 9.48 Å². The lowest BCUT2D eigenvalue weighted by atomic mass is 9.78. The highest BCUT2D eigenvalue weighted by Crippen LogP contribution is 2.32. The molecule has 0 fully saturated rings. The molecule has 0 unspecified atom stereocenters. The Morgan fingerprint density at radius 2 is 1.75 bits per heavy atom. The van der Waals surface area contributed by atoms with E-state index in [2.05, 4.69) is 64.5 Å². The number of carbonyl (C=O) groups excluding carboxylic acids is 1. The molecule has 204 valence electrons. The third-order valence-corrected chi connectivity index (χ3v) is 7.60. The van der Waals surface area contributed by atoms with Crippen molar-refractivity contribution in [2.24, 2.45) is 0 Å². The first kappa shape index (κ1) is 27.7. The number of halogens is 3. The Morgan fingerprint density at radius 3 is 2.48 bits per heavy atom. The van der Waals surface area contributed by atoms with Crippen molar-refractivity contribution in [1.29, 1.82) is 0 Å². The molecule has 40 heavy (non-hydrogen) atoms. The van der Waals surface area contributed by atoms with Crippen LogP contribution < -0.4 is 10.1 Å². The molecule has 0 bridgehead atoms. The quantitative estimate of drug-likeness (QED) is 0.180. The summed E-state index contributed by atoms with van der Waals surface area (Å²) >= 11 is 9.50. The average Bonchev–Trinajstić information content (AvgIpc) is 3.57. The van der Waals surface area contributed by atoms with Gasteiger partial charge in [0.05, 0.1) is 11.0 Å². The Bertz CT molecular complexity index is 1610. The van der Waals surface area contributed by atoms with Crippen LogP contribution >= 0.6 is 27.5 Å². The van der Waals surface area contributed by atoms with E-state index in [1.54, 1.807) is 24.4 Å². The van der Waals surface area contributed by atoms with E-state index < -0.39 is 11.7 Å². The SMILES string of the molecule is CC(C)(c1ccccc1)c1ccc(OCc2ccc(C(=O)Nc3nn(Cc4c(F)cccc4Cl)cc3Br)o2)cc1. The van der Waals surface area contributed by atoms with Gasteiger partial charge in [-0.15, -0.1) is 0 Å². The van der Waals surface area contributed by atoms with Gasteiger partial charge >= 0.3 is 0 Å². The van der Waals surface area contributed by atoms with Crippen LogP contribution in [-0.4, -0.2) is 15.7 Å². The molecule has 5 aromatic rings. The largest absolute Gasteiger partial charge is 0.486 e. The summed E-state index contributed by atoms with van der Waals surface area (Å²) in [6.45, 7) is 4.65. The first-order chi connectivity index (χ1) is 19.2. The van der Waals surface area contributed by atoms with Crippen molar-refractivity contribution in [3.05, 3.63) is 135 Å². The van der Waals surface area contributed by atoms with Gasteiger partial charge in [-0.05, 0) is 63.5 Å². The normalized spacial score (nSPS) is 11.4. The van der Waals surface area contributed by atoms with E-state index in [4.69, 9.17) is 20.8 Å². The molecule has 0 spiro atoms. The second-order valence-electron chi connectivity index (χ2n) is 9.75. The molecule has 5 rings (SSSR count). The maximum atomic E-state index is 14.1. The van der Waals surface area contributed by atoms with Crippen LogP contribution in [0.25, 0.3) is 0 Å². The Balaban J connectivity index is 1.18. The minimum Gasteiger partial charge on any atom is -0.486 e. The smallest absolute Gasteiger partial charge is 0.292 e. The standard InChI is InChI=1S/C31H26BrClFN3O3/c1-31(2,20-7-4-3-5-8-20)21-11-13-22(14-12-21)39-19-23-15-16-28(40-23)30(38)35-29-25(32)18-37(36-29)17-24-26(33)9-6-10-27(24)34/h3-16,18H,17,19H2,1-2H3,(H,35,36,38). The van der Waals surface area contributed by atoms with Crippen molar-refractivity contribution < 1.29 is 18.3 Å². The number of ether oxygens (including phenoxy) is 1. The van der Waals surface area contributed by atoms with Crippen molar-refractivity contribution in [3.8, 4) is 5.75 Å². The molecule has 6 nitrogen and oxygen atoms in total. The first-order valence-corrected chi connectivity index (χ1v) is 13.7. The van der Waals surface area contributed by atoms with Gasteiger partial charge in [0, 0.05) is 22.2 Å². The van der Waals surface area contributed by atoms with E-state index in [1.807, 2.05) is 30.3 Å². The lowest BCUT2D eigenvalue weighted by molar-refractivity contribution is 0.0992. The number of nitrogens with one attached hydrogen (secondary N) is 1. The van der Waals surface area contributed by atoms with Crippen molar-refractivity contribution in [3.63, 3.8) is 0 Å². The second kappa shape index (κ2) is 11.7. The lowest BCUT2D eigenvalue weighted by Gasteiger charge is -2.26. The molecule has 0 saturated carbocycles. The van der Waals surface area contributed by atoms with E-state index in [0.29, 0.717) is 26.6 Å². The van der Waals surface area contributed by atoms with Crippen molar-refractivity contribution in [2.45, 2.75) is 32.4 Å². The fourth-order valence-corrected chi connectivity index (χ4v) is 4.94. The summed E-state index contributed by atoms with van der Waals surface area (Å²) in [7, 11) is 0. The number of carbonyl (C=O) groups is 1. The summed E-state index contributed by atoms with van der Waals surface area (Å²) in [4.78, 5) is 12.8. The third kappa shape index (κ3) is 6.13. The molecule has 2 heterocycles. The molecule has 9 heteroatoms. The van der Waals surface area contributed by atoms with Gasteiger partial charge < -0.3 is 14.5 Å². The highest BCUT2D eigenvalue weighted by atomic mass is 79.9. The summed E-state index contributed by atoms with van der Waals surface area (Å²) in [6, 6.07) is 26.1. The number of nitrogens with zero attached hydrogens (tertiary/aromatic N) is 2. The van der Waals surface area contributed by atoms with Gasteiger partial charge in [0.15, 0.2) is 11.6 Å². The maximum Gasteiger partial charge on any atom is 0.292 e. The molecular formula is C31H26BrClFN3O3. The fourth-order valence-electron chi connectivity index (χ4n) is 4.30. The molecule has 1 N–H and O–H groups in total. The highest BCUT2D eigenvalue weighted by Gasteiger charge is 2.23. The number of aromatic nitrogens is 2. The topological polar surface area (TPSA) is 69.3 Å². The average molecular weight is 623 g/mol. The van der Waals surface area contributed by atoms with Crippen molar-refractivity contribution >= 4 is 39.3 Å². The number of anilines is 1. The Kier molecular flexibility index (Phi) is 8.09. The van der Waals surface area contributed by atoms with Gasteiger partial charge in [0.2, 0.25) is 0 Å². The van der Waals surface area contributed by atoms with Crippen LogP contribution in [-0.2, 0) is 18.6 Å². The third-order valence-electron chi connectivity index (χ3n) is 6.67. The summed E-state index contributed by atoms with van der Waals surface area (Å²) in [5.74, 6) is 0.662. The van der Waals surface area contributed by atoms with Crippen LogP contribution in [0.3, 0.4) is 0 Å². The Morgan fingerprint density at radius 1 is 1.02 bits per heavy atom. The zero-order valence-corrected chi connectivity index (χ0v) is 24.2. The summed E-state index contributed by atoms with van der Waals surface area (Å²) in [6.07, 6.45) is 1.63. The van der Waals surface area contributed by atoms with Crippen molar-refractivity contribution in [2.75, 3.05) is 5.32 Å². The Hall–Kier alpha value is -3.88. The molecule has 0 aliphatic rings. The zero-order valence-electron chi connectivity index (χ0n) is 21.8. The maximum absolute atomic E-state index is 14.1. The number of furan rings is 1. The second-order valence-corrected chi connectivity index (χ2v) is 11.0. The molecule has 0 atom stereocenters. The number of hydrogen-bond acceptors (Lipinski definition) is 4. The monoisotopic (exact) mass is 621 g/mol. The fraction of sp³-hybridized carbons (Fsp3) is 0.161. The molecule has 0 aliphatic heterocycles. The van der Waals surface area contributed by atoms with E-state index in [9.17, 15) is 9.18 Å². The van der Waals surface area contributed by atoms with Gasteiger partial charge in [-0.1, -0.05) is 74.0 Å². The van der Waals surface area contributed by atoms with Crippen LogP contribution in [0.15, 0.2) is 100 Å². The molecule has 0 aliphatic carbocycles. The van der Waals surface area contributed by atoms with Crippen LogP contribution in [0.1, 0.15) is 46.9 Å². The molecule has 0 radical (unpaired) electrons. The first-order valence-electron chi connectivity index (χ1n) is 12.6. The number of benzene rings is 3. The summed E-state index contributed by atoms with van der Waals surface area (Å²) < 4.78 is 27.7. The molecule has 0 saturated heterocycles.